The third kappa shape index (κ3) is 2.87. The molecule has 1 aliphatic heterocycles. The summed E-state index contributed by atoms with van der Waals surface area (Å²) in [4.78, 5) is 26.9. The molecule has 3 heterocycles. The van der Waals surface area contributed by atoms with Crippen LogP contribution in [0.2, 0.25) is 0 Å². The molecule has 2 aromatic heterocycles. The van der Waals surface area contributed by atoms with E-state index in [-0.39, 0.29) is 28.2 Å². The predicted octanol–water partition coefficient (Wildman–Crippen LogP) is 2.98. The van der Waals surface area contributed by atoms with E-state index < -0.39 is 29.8 Å². The van der Waals surface area contributed by atoms with E-state index in [4.69, 9.17) is 5.73 Å². The lowest BCUT2D eigenvalue weighted by atomic mass is 9.82. The van der Waals surface area contributed by atoms with Crippen molar-refractivity contribution in [2.24, 2.45) is 10.7 Å². The number of likely N-dealkylation sites (N-methyl/N-ethyl adjacent to an activating group) is 1. The van der Waals surface area contributed by atoms with Crippen molar-refractivity contribution in [3.05, 3.63) is 70.6 Å². The average Bonchev–Trinajstić information content (AvgIpc) is 3.34. The van der Waals surface area contributed by atoms with Gasteiger partial charge in [-0.2, -0.15) is 0 Å². The smallest absolute Gasteiger partial charge is 0.266 e. The second kappa shape index (κ2) is 6.96. The number of alkyl halides is 1. The first-order valence-electron chi connectivity index (χ1n) is 8.40. The van der Waals surface area contributed by atoms with E-state index in [1.165, 1.54) is 43.3 Å². The number of benzene rings is 1. The van der Waals surface area contributed by atoms with Crippen molar-refractivity contribution in [1.29, 1.82) is 0 Å². The maximum absolute atomic E-state index is 14.6. The molecule has 3 aromatic rings. The zero-order chi connectivity index (χ0) is 20.8. The Labute approximate surface area is 167 Å². The molecule has 0 saturated heterocycles. The van der Waals surface area contributed by atoms with E-state index in [2.05, 4.69) is 15.0 Å². The molecule has 6 nitrogen and oxygen atoms in total. The van der Waals surface area contributed by atoms with Gasteiger partial charge in [0.2, 0.25) is 0 Å². The lowest BCUT2D eigenvalue weighted by Gasteiger charge is -2.26. The van der Waals surface area contributed by atoms with Crippen molar-refractivity contribution in [2.45, 2.75) is 12.2 Å². The van der Waals surface area contributed by atoms with Gasteiger partial charge >= 0.3 is 0 Å². The Morgan fingerprint density at radius 1 is 1.14 bits per heavy atom. The van der Waals surface area contributed by atoms with Crippen LogP contribution in [0.25, 0.3) is 10.4 Å². The van der Waals surface area contributed by atoms with Crippen LogP contribution in [0.4, 0.5) is 13.2 Å². The average molecular weight is 417 g/mol. The van der Waals surface area contributed by atoms with Crippen LogP contribution in [0, 0.1) is 11.6 Å². The second-order valence-corrected chi connectivity index (χ2v) is 7.33. The van der Waals surface area contributed by atoms with E-state index in [0.717, 1.165) is 22.3 Å². The number of nitrogens with zero attached hydrogens (tertiary/aromatic N) is 4. The minimum atomic E-state index is -1.81. The first-order chi connectivity index (χ1) is 13.9. The summed E-state index contributed by atoms with van der Waals surface area (Å²) in [6.07, 6.45) is 4.03. The largest absolute Gasteiger partial charge is 0.369 e. The highest BCUT2D eigenvalue weighted by molar-refractivity contribution is 7.13. The van der Waals surface area contributed by atoms with E-state index in [1.54, 1.807) is 0 Å². The molecule has 1 atom stereocenters. The summed E-state index contributed by atoms with van der Waals surface area (Å²) in [6, 6.07) is 3.65. The van der Waals surface area contributed by atoms with Crippen LogP contribution >= 0.6 is 11.3 Å². The monoisotopic (exact) mass is 417 g/mol. The van der Waals surface area contributed by atoms with Gasteiger partial charge in [0.15, 0.2) is 23.1 Å². The van der Waals surface area contributed by atoms with Crippen LogP contribution in [-0.2, 0) is 17.0 Å². The van der Waals surface area contributed by atoms with Gasteiger partial charge in [-0.05, 0) is 23.8 Å². The Morgan fingerprint density at radius 2 is 1.93 bits per heavy atom. The summed E-state index contributed by atoms with van der Waals surface area (Å²) in [6.45, 7) is -0.815. The van der Waals surface area contributed by atoms with Crippen LogP contribution in [0.1, 0.15) is 16.7 Å². The van der Waals surface area contributed by atoms with Gasteiger partial charge in [0.1, 0.15) is 6.67 Å². The third-order valence-electron chi connectivity index (χ3n) is 4.75. The Kier molecular flexibility index (Phi) is 4.58. The Balaban J connectivity index is 2.03. The molecule has 1 aromatic carbocycles. The number of aliphatic imine (C=N–C) groups is 1. The standard InChI is InChI=1S/C19H14F3N5OS/c1-27-17(28)19(26-18(27)23,12-2-10(5-20)6-24-7-12)11-3-13(15-8-25-9-29-15)16(22)14(21)4-11/h2-4,6-9H,5H2,1H3,(H2,23,26). The number of thiazole rings is 1. The van der Waals surface area contributed by atoms with Gasteiger partial charge < -0.3 is 5.73 Å². The normalized spacial score (nSPS) is 19.0. The van der Waals surface area contributed by atoms with Crippen molar-refractivity contribution in [3.8, 4) is 10.4 Å². The lowest BCUT2D eigenvalue weighted by Crippen LogP contribution is -2.41. The summed E-state index contributed by atoms with van der Waals surface area (Å²) in [5.74, 6) is -2.92. The number of hydrogen-bond acceptors (Lipinski definition) is 6. The van der Waals surface area contributed by atoms with Crippen molar-refractivity contribution in [2.75, 3.05) is 7.05 Å². The van der Waals surface area contributed by atoms with E-state index >= 15 is 0 Å². The van der Waals surface area contributed by atoms with E-state index in [1.807, 2.05) is 0 Å². The van der Waals surface area contributed by atoms with Crippen LogP contribution < -0.4 is 5.73 Å². The van der Waals surface area contributed by atoms with Crippen LogP contribution in [0.5, 0.6) is 0 Å². The van der Waals surface area contributed by atoms with E-state index in [9.17, 15) is 18.0 Å². The Morgan fingerprint density at radius 3 is 2.55 bits per heavy atom. The fourth-order valence-corrected chi connectivity index (χ4v) is 3.90. The van der Waals surface area contributed by atoms with Gasteiger partial charge in [0.05, 0.1) is 10.4 Å². The summed E-state index contributed by atoms with van der Waals surface area (Å²) in [5.41, 5.74) is 5.94. The molecule has 0 spiro atoms. The molecule has 10 heteroatoms. The fourth-order valence-electron chi connectivity index (χ4n) is 3.27. The predicted molar refractivity (Wildman–Crippen MR) is 102 cm³/mol. The minimum absolute atomic E-state index is 0.0508. The molecule has 0 radical (unpaired) electrons. The van der Waals surface area contributed by atoms with Crippen molar-refractivity contribution < 1.29 is 18.0 Å². The lowest BCUT2D eigenvalue weighted by molar-refractivity contribution is -0.129. The molecule has 2 N–H and O–H groups in total. The van der Waals surface area contributed by atoms with E-state index in [0.29, 0.717) is 4.88 Å². The van der Waals surface area contributed by atoms with Crippen LogP contribution in [0.15, 0.2) is 47.3 Å². The van der Waals surface area contributed by atoms with Crippen molar-refractivity contribution in [1.82, 2.24) is 14.9 Å². The maximum Gasteiger partial charge on any atom is 0.266 e. The molecule has 1 amide bonds. The highest BCUT2D eigenvalue weighted by Gasteiger charge is 2.50. The third-order valence-corrected chi connectivity index (χ3v) is 5.56. The fraction of sp³-hybridized carbons (Fsp3) is 0.158. The molecular weight excluding hydrogens is 403 g/mol. The second-order valence-electron chi connectivity index (χ2n) is 6.45. The SMILES string of the molecule is CN1C(=O)C(c2cncc(CF)c2)(c2cc(F)c(F)c(-c3cncs3)c2)N=C1N. The van der Waals surface area contributed by atoms with Gasteiger partial charge in [-0.3, -0.25) is 19.7 Å². The number of aromatic nitrogens is 2. The summed E-state index contributed by atoms with van der Waals surface area (Å²) in [5, 5.41) is 0. The van der Waals surface area contributed by atoms with Crippen LogP contribution in [0.3, 0.4) is 0 Å². The van der Waals surface area contributed by atoms with Crippen molar-refractivity contribution in [3.63, 3.8) is 0 Å². The summed E-state index contributed by atoms with van der Waals surface area (Å²) < 4.78 is 42.3. The highest BCUT2D eigenvalue weighted by atomic mass is 32.1. The molecule has 0 bridgehead atoms. The number of hydrogen-bond donors (Lipinski definition) is 1. The molecule has 148 valence electrons. The highest BCUT2D eigenvalue weighted by Crippen LogP contribution is 2.42. The van der Waals surface area contributed by atoms with Crippen molar-refractivity contribution >= 4 is 23.2 Å². The number of carbonyl (C=O) groups excluding carboxylic acids is 1. The Hall–Kier alpha value is -3.27. The number of rotatable bonds is 4. The molecule has 0 aliphatic carbocycles. The minimum Gasteiger partial charge on any atom is -0.369 e. The molecule has 0 fully saturated rings. The summed E-state index contributed by atoms with van der Waals surface area (Å²) >= 11 is 1.12. The van der Waals surface area contributed by atoms with Gasteiger partial charge in [0, 0.05) is 42.3 Å². The topological polar surface area (TPSA) is 84.5 Å². The van der Waals surface area contributed by atoms with Gasteiger partial charge in [-0.1, -0.05) is 0 Å². The van der Waals surface area contributed by atoms with Gasteiger partial charge in [-0.15, -0.1) is 11.3 Å². The number of pyridine rings is 1. The molecule has 0 saturated carbocycles. The number of halogens is 3. The first-order valence-corrected chi connectivity index (χ1v) is 9.28. The first kappa shape index (κ1) is 19.1. The quantitative estimate of drug-likeness (QED) is 0.707. The molecule has 1 aliphatic rings. The zero-order valence-electron chi connectivity index (χ0n) is 15.1. The Bertz CT molecular complexity index is 1130. The molecular formula is C19H14F3N5OS. The number of carbonyl (C=O) groups is 1. The van der Waals surface area contributed by atoms with Gasteiger partial charge in [0.25, 0.3) is 5.91 Å². The van der Waals surface area contributed by atoms with Gasteiger partial charge in [-0.25, -0.2) is 18.2 Å². The zero-order valence-corrected chi connectivity index (χ0v) is 15.9. The number of guanidine groups is 1. The molecule has 1 unspecified atom stereocenters. The maximum atomic E-state index is 14.6. The summed E-state index contributed by atoms with van der Waals surface area (Å²) in [7, 11) is 1.42. The molecule has 4 rings (SSSR count). The number of amides is 1. The number of nitrogens with two attached hydrogens (primary N) is 1. The molecule has 29 heavy (non-hydrogen) atoms. The van der Waals surface area contributed by atoms with Crippen LogP contribution in [-0.4, -0.2) is 33.8 Å².